The van der Waals surface area contributed by atoms with E-state index in [0.717, 1.165) is 16.5 Å². The van der Waals surface area contributed by atoms with Gasteiger partial charge in [-0.2, -0.15) is 0 Å². The lowest BCUT2D eigenvalue weighted by Gasteiger charge is -2.13. The van der Waals surface area contributed by atoms with Gasteiger partial charge in [-0.05, 0) is 37.0 Å². The topological polar surface area (TPSA) is 49.3 Å². The van der Waals surface area contributed by atoms with Crippen molar-refractivity contribution in [2.75, 3.05) is 0 Å². The van der Waals surface area contributed by atoms with E-state index in [0.29, 0.717) is 12.8 Å². The van der Waals surface area contributed by atoms with Crippen LogP contribution in [0.4, 0.5) is 4.39 Å². The molecule has 1 heterocycles. The Balaban J connectivity index is 2.00. The van der Waals surface area contributed by atoms with E-state index < -0.39 is 12.0 Å². The lowest BCUT2D eigenvalue weighted by molar-refractivity contribution is -0.139. The Morgan fingerprint density at radius 1 is 1.53 bits per heavy atom. The Bertz CT molecular complexity index is 439. The second-order valence-corrected chi connectivity index (χ2v) is 5.13. The number of carboxylic acids is 1. The third-order valence-corrected chi connectivity index (χ3v) is 3.76. The van der Waals surface area contributed by atoms with Crippen LogP contribution in [-0.4, -0.2) is 23.2 Å². The summed E-state index contributed by atoms with van der Waals surface area (Å²) < 4.78 is 13.6. The third kappa shape index (κ3) is 3.04. The van der Waals surface area contributed by atoms with E-state index in [1.165, 1.54) is 12.1 Å². The molecule has 1 saturated heterocycles. The van der Waals surface area contributed by atoms with Crippen molar-refractivity contribution in [2.24, 2.45) is 0 Å². The predicted octanol–water partition coefficient (Wildman–Crippen LogP) is 2.34. The average Bonchev–Trinajstić information content (AvgIpc) is 2.71. The van der Waals surface area contributed by atoms with E-state index in [9.17, 15) is 9.18 Å². The smallest absolute Gasteiger partial charge is 0.320 e. The van der Waals surface area contributed by atoms with Crippen LogP contribution in [0.5, 0.6) is 0 Å². The van der Waals surface area contributed by atoms with E-state index in [2.05, 4.69) is 21.2 Å². The maximum atomic E-state index is 12.9. The van der Waals surface area contributed by atoms with E-state index in [-0.39, 0.29) is 11.9 Å². The molecule has 1 aromatic carbocycles. The van der Waals surface area contributed by atoms with Crippen LogP contribution in [0.2, 0.25) is 0 Å². The largest absolute Gasteiger partial charge is 0.480 e. The molecule has 1 fully saturated rings. The molecule has 5 heteroatoms. The summed E-state index contributed by atoms with van der Waals surface area (Å²) in [6, 6.07) is 4.29. The van der Waals surface area contributed by atoms with Crippen LogP contribution in [0.3, 0.4) is 0 Å². The highest BCUT2D eigenvalue weighted by Crippen LogP contribution is 2.23. The minimum atomic E-state index is -0.800. The Hall–Kier alpha value is -0.940. The van der Waals surface area contributed by atoms with Gasteiger partial charge in [-0.1, -0.05) is 22.0 Å². The summed E-state index contributed by atoms with van der Waals surface area (Å²) in [5, 5.41) is 11.9. The summed E-state index contributed by atoms with van der Waals surface area (Å²) in [4.78, 5) is 10.8. The monoisotopic (exact) mass is 301 g/mol. The first-order valence-corrected chi connectivity index (χ1v) is 6.28. The van der Waals surface area contributed by atoms with Gasteiger partial charge >= 0.3 is 5.97 Å². The summed E-state index contributed by atoms with van der Waals surface area (Å²) in [6.07, 6.45) is 2.20. The highest BCUT2D eigenvalue weighted by atomic mass is 79.9. The normalized spacial score (nSPS) is 23.9. The molecular formula is C12H13BrFNO2. The molecule has 2 N–H and O–H groups in total. The molecule has 1 aromatic rings. The number of hydrogen-bond acceptors (Lipinski definition) is 2. The van der Waals surface area contributed by atoms with Gasteiger partial charge in [0.1, 0.15) is 11.9 Å². The lowest BCUT2D eigenvalue weighted by atomic mass is 10.0. The Morgan fingerprint density at radius 3 is 2.88 bits per heavy atom. The maximum Gasteiger partial charge on any atom is 0.320 e. The number of benzene rings is 1. The number of aliphatic carboxylic acids is 1. The molecule has 0 aromatic heterocycles. The van der Waals surface area contributed by atoms with Gasteiger partial charge in [0.25, 0.3) is 0 Å². The number of hydrogen-bond donors (Lipinski definition) is 2. The quantitative estimate of drug-likeness (QED) is 0.901. The van der Waals surface area contributed by atoms with Gasteiger partial charge in [0.15, 0.2) is 0 Å². The molecule has 0 radical (unpaired) electrons. The van der Waals surface area contributed by atoms with Crippen LogP contribution in [0.15, 0.2) is 22.7 Å². The van der Waals surface area contributed by atoms with E-state index in [1.807, 2.05) is 0 Å². The number of nitrogens with one attached hydrogen (secondary N) is 1. The first-order valence-electron chi connectivity index (χ1n) is 5.49. The summed E-state index contributed by atoms with van der Waals surface area (Å²) in [6.45, 7) is 0. The molecule has 92 valence electrons. The van der Waals surface area contributed by atoms with Gasteiger partial charge in [-0.15, -0.1) is 0 Å². The molecule has 0 bridgehead atoms. The molecule has 1 aliphatic heterocycles. The molecule has 17 heavy (non-hydrogen) atoms. The fourth-order valence-corrected chi connectivity index (χ4v) is 2.64. The summed E-state index contributed by atoms with van der Waals surface area (Å²) >= 11 is 3.31. The zero-order valence-corrected chi connectivity index (χ0v) is 10.7. The van der Waals surface area contributed by atoms with Crippen molar-refractivity contribution >= 4 is 21.9 Å². The molecule has 2 unspecified atom stereocenters. The third-order valence-electron chi connectivity index (χ3n) is 3.02. The SMILES string of the molecule is O=C(O)C1CCC(Cc2ccc(F)cc2Br)N1. The molecule has 0 aliphatic carbocycles. The highest BCUT2D eigenvalue weighted by Gasteiger charge is 2.28. The fourth-order valence-electron chi connectivity index (χ4n) is 2.13. The molecule has 2 rings (SSSR count). The van der Waals surface area contributed by atoms with Crippen LogP contribution in [0, 0.1) is 5.82 Å². The highest BCUT2D eigenvalue weighted by molar-refractivity contribution is 9.10. The van der Waals surface area contributed by atoms with E-state index in [1.54, 1.807) is 6.07 Å². The zero-order chi connectivity index (χ0) is 12.4. The molecule has 3 nitrogen and oxygen atoms in total. The van der Waals surface area contributed by atoms with Crippen LogP contribution < -0.4 is 5.32 Å². The molecule has 1 aliphatic rings. The summed E-state index contributed by atoms with van der Waals surface area (Å²) in [5.41, 5.74) is 0.995. The molecule has 0 spiro atoms. The first-order chi connectivity index (χ1) is 8.06. The summed E-state index contributed by atoms with van der Waals surface area (Å²) in [5.74, 6) is -1.07. The lowest BCUT2D eigenvalue weighted by Crippen LogP contribution is -2.36. The minimum Gasteiger partial charge on any atom is -0.480 e. The second-order valence-electron chi connectivity index (χ2n) is 4.27. The average molecular weight is 302 g/mol. The van der Waals surface area contributed by atoms with Gasteiger partial charge in [0, 0.05) is 10.5 Å². The van der Waals surface area contributed by atoms with Gasteiger partial charge < -0.3 is 10.4 Å². The molecule has 2 atom stereocenters. The number of rotatable bonds is 3. The minimum absolute atomic E-state index is 0.151. The van der Waals surface area contributed by atoms with Crippen molar-refractivity contribution in [3.8, 4) is 0 Å². The molecule has 0 amide bonds. The zero-order valence-electron chi connectivity index (χ0n) is 9.12. The Morgan fingerprint density at radius 2 is 2.29 bits per heavy atom. The molecule has 0 saturated carbocycles. The van der Waals surface area contributed by atoms with Crippen molar-refractivity contribution in [3.05, 3.63) is 34.1 Å². The Kier molecular flexibility index (Phi) is 3.79. The van der Waals surface area contributed by atoms with Gasteiger partial charge in [0.05, 0.1) is 0 Å². The fraction of sp³-hybridized carbons (Fsp3) is 0.417. The van der Waals surface area contributed by atoms with Crippen LogP contribution >= 0.6 is 15.9 Å². The number of carbonyl (C=O) groups is 1. The Labute approximate surface area is 107 Å². The number of carboxylic acid groups (broad SMARTS) is 1. The van der Waals surface area contributed by atoms with E-state index >= 15 is 0 Å². The first kappa shape index (κ1) is 12.5. The van der Waals surface area contributed by atoms with Gasteiger partial charge in [-0.3, -0.25) is 4.79 Å². The van der Waals surface area contributed by atoms with Crippen molar-refractivity contribution < 1.29 is 14.3 Å². The van der Waals surface area contributed by atoms with Gasteiger partial charge in [-0.25, -0.2) is 4.39 Å². The van der Waals surface area contributed by atoms with Crippen molar-refractivity contribution in [1.82, 2.24) is 5.32 Å². The summed E-state index contributed by atoms with van der Waals surface area (Å²) in [7, 11) is 0. The van der Waals surface area contributed by atoms with Crippen molar-refractivity contribution in [3.63, 3.8) is 0 Å². The van der Waals surface area contributed by atoms with E-state index in [4.69, 9.17) is 5.11 Å². The van der Waals surface area contributed by atoms with Crippen LogP contribution in [0.25, 0.3) is 0 Å². The van der Waals surface area contributed by atoms with Crippen LogP contribution in [-0.2, 0) is 11.2 Å². The van der Waals surface area contributed by atoms with Crippen molar-refractivity contribution in [1.29, 1.82) is 0 Å². The molecular weight excluding hydrogens is 289 g/mol. The standard InChI is InChI=1S/C12H13BrFNO2/c13-10-6-8(14)2-1-7(10)5-9-3-4-11(15-9)12(16)17/h1-2,6,9,11,15H,3-5H2,(H,16,17). The predicted molar refractivity (Wildman–Crippen MR) is 65.4 cm³/mol. The van der Waals surface area contributed by atoms with Crippen molar-refractivity contribution in [2.45, 2.75) is 31.3 Å². The van der Waals surface area contributed by atoms with Gasteiger partial charge in [0.2, 0.25) is 0 Å². The van der Waals surface area contributed by atoms with Crippen LogP contribution in [0.1, 0.15) is 18.4 Å². The maximum absolute atomic E-state index is 12.9. The second kappa shape index (κ2) is 5.14. The number of halogens is 2.